The van der Waals surface area contributed by atoms with Gasteiger partial charge in [0.05, 0.1) is 0 Å². The van der Waals surface area contributed by atoms with Gasteiger partial charge in [0, 0.05) is 30.8 Å². The lowest BCUT2D eigenvalue weighted by Gasteiger charge is -2.18. The zero-order chi connectivity index (χ0) is 14.2. The van der Waals surface area contributed by atoms with Crippen LogP contribution in [0.25, 0.3) is 10.9 Å². The summed E-state index contributed by atoms with van der Waals surface area (Å²) in [5.41, 5.74) is 3.17. The maximum absolute atomic E-state index is 3.60. The van der Waals surface area contributed by atoms with E-state index in [4.69, 9.17) is 0 Å². The molecule has 0 saturated heterocycles. The van der Waals surface area contributed by atoms with Crippen molar-refractivity contribution in [3.8, 4) is 0 Å². The van der Waals surface area contributed by atoms with E-state index in [1.165, 1.54) is 35.7 Å². The molecular formula is C18H26N2. The van der Waals surface area contributed by atoms with Crippen LogP contribution in [-0.4, -0.2) is 10.6 Å². The first kappa shape index (κ1) is 13.7. The summed E-state index contributed by atoms with van der Waals surface area (Å²) in [6, 6.07) is 9.88. The second-order valence-electron chi connectivity index (χ2n) is 7.37. The second-order valence-corrected chi connectivity index (χ2v) is 7.37. The van der Waals surface area contributed by atoms with Crippen LogP contribution in [0.5, 0.6) is 0 Å². The number of rotatable bonds is 5. The standard InChI is InChI=1S/C18H26N2/c1-18(2,3)9-11-20-10-8-15-5-4-14(12-17(15)20)13-19-16-6-7-16/h4-5,8,10,12,16,19H,6-7,9,11,13H2,1-3H3. The number of hydrogen-bond acceptors (Lipinski definition) is 1. The molecule has 1 N–H and O–H groups in total. The van der Waals surface area contributed by atoms with Crippen molar-refractivity contribution in [1.29, 1.82) is 0 Å². The van der Waals surface area contributed by atoms with E-state index in [-0.39, 0.29) is 0 Å². The van der Waals surface area contributed by atoms with Gasteiger partial charge < -0.3 is 9.88 Å². The van der Waals surface area contributed by atoms with Crippen molar-refractivity contribution in [2.24, 2.45) is 5.41 Å². The lowest BCUT2D eigenvalue weighted by Crippen LogP contribution is -2.15. The van der Waals surface area contributed by atoms with E-state index >= 15 is 0 Å². The molecule has 1 fully saturated rings. The fourth-order valence-electron chi connectivity index (χ4n) is 2.54. The second kappa shape index (κ2) is 5.25. The summed E-state index contributed by atoms with van der Waals surface area (Å²) in [7, 11) is 0. The molecule has 0 bridgehead atoms. The van der Waals surface area contributed by atoms with Crippen LogP contribution in [-0.2, 0) is 13.1 Å². The molecule has 1 aromatic carbocycles. The first-order valence-corrected chi connectivity index (χ1v) is 7.82. The molecule has 2 nitrogen and oxygen atoms in total. The van der Waals surface area contributed by atoms with Crippen molar-refractivity contribution < 1.29 is 0 Å². The van der Waals surface area contributed by atoms with Gasteiger partial charge in [-0.2, -0.15) is 0 Å². The molecule has 1 aliphatic rings. The Morgan fingerprint density at radius 2 is 2.00 bits per heavy atom. The summed E-state index contributed by atoms with van der Waals surface area (Å²) in [5, 5.41) is 4.95. The third-order valence-electron chi connectivity index (χ3n) is 4.11. The Balaban J connectivity index is 1.75. The molecule has 2 aromatic rings. The van der Waals surface area contributed by atoms with Crippen molar-refractivity contribution in [3.05, 3.63) is 36.0 Å². The largest absolute Gasteiger partial charge is 0.347 e. The minimum absolute atomic E-state index is 0.391. The van der Waals surface area contributed by atoms with Gasteiger partial charge in [-0.3, -0.25) is 0 Å². The number of hydrogen-bond donors (Lipinski definition) is 1. The fourth-order valence-corrected chi connectivity index (χ4v) is 2.54. The average molecular weight is 270 g/mol. The predicted octanol–water partition coefficient (Wildman–Crippen LogP) is 4.33. The molecule has 20 heavy (non-hydrogen) atoms. The number of nitrogens with one attached hydrogen (secondary N) is 1. The Morgan fingerprint density at radius 1 is 1.20 bits per heavy atom. The SMILES string of the molecule is CC(C)(C)CCn1ccc2ccc(CNC3CC3)cc21. The average Bonchev–Trinajstić information content (AvgIpc) is 3.13. The molecule has 0 unspecified atom stereocenters. The lowest BCUT2D eigenvalue weighted by molar-refractivity contribution is 0.353. The molecule has 0 amide bonds. The number of fused-ring (bicyclic) bond motifs is 1. The summed E-state index contributed by atoms with van der Waals surface area (Å²) >= 11 is 0. The summed E-state index contributed by atoms with van der Waals surface area (Å²) in [6.07, 6.45) is 6.14. The van der Waals surface area contributed by atoms with Crippen LogP contribution in [0.15, 0.2) is 30.5 Å². The Morgan fingerprint density at radius 3 is 2.70 bits per heavy atom. The van der Waals surface area contributed by atoms with E-state index in [2.05, 4.69) is 61.1 Å². The highest BCUT2D eigenvalue weighted by atomic mass is 15.0. The highest BCUT2D eigenvalue weighted by Crippen LogP contribution is 2.24. The summed E-state index contributed by atoms with van der Waals surface area (Å²) in [5.74, 6) is 0. The Bertz CT molecular complexity index is 585. The summed E-state index contributed by atoms with van der Waals surface area (Å²) in [6.45, 7) is 9.04. The maximum Gasteiger partial charge on any atom is 0.0483 e. The van der Waals surface area contributed by atoms with E-state index in [1.807, 2.05) is 0 Å². The van der Waals surface area contributed by atoms with Crippen molar-refractivity contribution in [3.63, 3.8) is 0 Å². The van der Waals surface area contributed by atoms with Crippen LogP contribution in [0.1, 0.15) is 45.6 Å². The maximum atomic E-state index is 3.60. The molecule has 2 heteroatoms. The highest BCUT2D eigenvalue weighted by molar-refractivity contribution is 5.80. The van der Waals surface area contributed by atoms with Gasteiger partial charge in [0.1, 0.15) is 0 Å². The minimum Gasteiger partial charge on any atom is -0.347 e. The van der Waals surface area contributed by atoms with Crippen LogP contribution >= 0.6 is 0 Å². The zero-order valence-electron chi connectivity index (χ0n) is 12.9. The Kier molecular flexibility index (Phi) is 3.59. The monoisotopic (exact) mass is 270 g/mol. The molecule has 3 rings (SSSR count). The van der Waals surface area contributed by atoms with Crippen molar-refractivity contribution in [1.82, 2.24) is 9.88 Å². The Hall–Kier alpha value is -1.28. The highest BCUT2D eigenvalue weighted by Gasteiger charge is 2.20. The smallest absolute Gasteiger partial charge is 0.0483 e. The molecule has 108 valence electrons. The topological polar surface area (TPSA) is 17.0 Å². The van der Waals surface area contributed by atoms with E-state index in [9.17, 15) is 0 Å². The molecule has 1 aliphatic carbocycles. The van der Waals surface area contributed by atoms with Crippen LogP contribution in [0.2, 0.25) is 0 Å². The molecule has 0 aliphatic heterocycles. The lowest BCUT2D eigenvalue weighted by atomic mass is 9.92. The van der Waals surface area contributed by atoms with Gasteiger partial charge >= 0.3 is 0 Å². The normalized spacial score (nSPS) is 15.9. The van der Waals surface area contributed by atoms with Crippen molar-refractivity contribution in [2.75, 3.05) is 0 Å². The van der Waals surface area contributed by atoms with Gasteiger partial charge in [0.15, 0.2) is 0 Å². The Labute approximate surface area is 122 Å². The first-order chi connectivity index (χ1) is 9.51. The van der Waals surface area contributed by atoms with Gasteiger partial charge in [0.25, 0.3) is 0 Å². The third kappa shape index (κ3) is 3.43. The molecule has 0 radical (unpaired) electrons. The summed E-state index contributed by atoms with van der Waals surface area (Å²) < 4.78 is 2.40. The van der Waals surface area contributed by atoms with E-state index in [0.717, 1.165) is 19.1 Å². The number of aryl methyl sites for hydroxylation is 1. The molecule has 1 heterocycles. The molecular weight excluding hydrogens is 244 g/mol. The third-order valence-corrected chi connectivity index (χ3v) is 4.11. The van der Waals surface area contributed by atoms with E-state index < -0.39 is 0 Å². The zero-order valence-corrected chi connectivity index (χ0v) is 12.9. The van der Waals surface area contributed by atoms with Crippen LogP contribution in [0.4, 0.5) is 0 Å². The minimum atomic E-state index is 0.391. The number of benzene rings is 1. The number of aromatic nitrogens is 1. The van der Waals surface area contributed by atoms with Crippen LogP contribution in [0.3, 0.4) is 0 Å². The molecule has 0 atom stereocenters. The van der Waals surface area contributed by atoms with Crippen LogP contribution < -0.4 is 5.32 Å². The predicted molar refractivity (Wildman–Crippen MR) is 85.9 cm³/mol. The van der Waals surface area contributed by atoms with Gasteiger partial charge in [-0.25, -0.2) is 0 Å². The fraction of sp³-hybridized carbons (Fsp3) is 0.556. The van der Waals surface area contributed by atoms with Crippen molar-refractivity contribution >= 4 is 10.9 Å². The van der Waals surface area contributed by atoms with Gasteiger partial charge in [0.2, 0.25) is 0 Å². The summed E-state index contributed by atoms with van der Waals surface area (Å²) in [4.78, 5) is 0. The quantitative estimate of drug-likeness (QED) is 0.855. The van der Waals surface area contributed by atoms with Gasteiger partial charge in [-0.15, -0.1) is 0 Å². The molecule has 0 spiro atoms. The van der Waals surface area contributed by atoms with Crippen molar-refractivity contribution in [2.45, 2.75) is 59.2 Å². The van der Waals surface area contributed by atoms with E-state index in [0.29, 0.717) is 5.41 Å². The number of nitrogens with zero attached hydrogens (tertiary/aromatic N) is 1. The molecule has 1 saturated carbocycles. The van der Waals surface area contributed by atoms with E-state index in [1.54, 1.807) is 0 Å². The molecule has 1 aromatic heterocycles. The van der Waals surface area contributed by atoms with Gasteiger partial charge in [-0.05, 0) is 47.8 Å². The van der Waals surface area contributed by atoms with Gasteiger partial charge in [-0.1, -0.05) is 32.9 Å². The first-order valence-electron chi connectivity index (χ1n) is 7.82. The van der Waals surface area contributed by atoms with Crippen LogP contribution in [0, 0.1) is 5.41 Å².